The number of pyridine rings is 1. The van der Waals surface area contributed by atoms with E-state index >= 15 is 0 Å². The highest BCUT2D eigenvalue weighted by molar-refractivity contribution is 6.52. The molecule has 0 spiro atoms. The number of nitrogens with zero attached hydrogens (tertiary/aromatic N) is 2. The maximum absolute atomic E-state index is 12.0. The second-order valence-electron chi connectivity index (χ2n) is 4.30. The van der Waals surface area contributed by atoms with Crippen LogP contribution in [0.5, 0.6) is 0 Å². The van der Waals surface area contributed by atoms with E-state index in [9.17, 15) is 9.59 Å². The Bertz CT molecular complexity index is 731. The van der Waals surface area contributed by atoms with Crippen molar-refractivity contribution in [1.82, 2.24) is 4.98 Å². The second-order valence-corrected chi connectivity index (χ2v) is 5.09. The third-order valence-corrected chi connectivity index (χ3v) is 3.63. The van der Waals surface area contributed by atoms with Gasteiger partial charge in [-0.05, 0) is 24.3 Å². The molecule has 0 radical (unpaired) electrons. The van der Waals surface area contributed by atoms with E-state index in [1.165, 1.54) is 4.90 Å². The lowest BCUT2D eigenvalue weighted by atomic mass is 10.1. The molecule has 1 aliphatic rings. The fourth-order valence-corrected chi connectivity index (χ4v) is 2.45. The number of rotatable bonds is 2. The maximum Gasteiger partial charge on any atom is 0.299 e. The Morgan fingerprint density at radius 2 is 1.80 bits per heavy atom. The topological polar surface area (TPSA) is 50.3 Å². The number of aromatic nitrogens is 1. The first-order chi connectivity index (χ1) is 9.58. The predicted molar refractivity (Wildman–Crippen MR) is 76.2 cm³/mol. The molecular formula is C14H8Cl2N2O2. The van der Waals surface area contributed by atoms with Gasteiger partial charge >= 0.3 is 0 Å². The molecule has 6 heteroatoms. The summed E-state index contributed by atoms with van der Waals surface area (Å²) in [6, 6.07) is 10.0. The number of Topliss-reactive ketones (excluding diaryl/α,β-unsaturated/α-hetero) is 1. The van der Waals surface area contributed by atoms with Crippen molar-refractivity contribution in [2.24, 2.45) is 0 Å². The van der Waals surface area contributed by atoms with E-state index in [0.29, 0.717) is 22.0 Å². The number of para-hydroxylation sites is 1. The van der Waals surface area contributed by atoms with Crippen LogP contribution in [0.25, 0.3) is 0 Å². The largest absolute Gasteiger partial charge is 0.299 e. The Hall–Kier alpha value is -1.91. The number of benzene rings is 1. The summed E-state index contributed by atoms with van der Waals surface area (Å²) in [4.78, 5) is 29.4. The predicted octanol–water partition coefficient (Wildman–Crippen LogP) is 3.12. The van der Waals surface area contributed by atoms with Gasteiger partial charge in [0.05, 0.1) is 28.5 Å². The highest BCUT2D eigenvalue weighted by Crippen LogP contribution is 2.31. The van der Waals surface area contributed by atoms with Crippen molar-refractivity contribution in [2.45, 2.75) is 6.54 Å². The van der Waals surface area contributed by atoms with Crippen LogP contribution in [0.15, 0.2) is 36.4 Å². The number of fused-ring (bicyclic) bond motifs is 1. The lowest BCUT2D eigenvalue weighted by Crippen LogP contribution is -2.29. The average Bonchev–Trinajstić information content (AvgIpc) is 2.68. The zero-order valence-electron chi connectivity index (χ0n) is 10.1. The zero-order chi connectivity index (χ0) is 14.3. The van der Waals surface area contributed by atoms with Crippen molar-refractivity contribution in [2.75, 3.05) is 4.90 Å². The lowest BCUT2D eigenvalue weighted by Gasteiger charge is -2.16. The molecule has 2 heterocycles. The summed E-state index contributed by atoms with van der Waals surface area (Å²) in [7, 11) is 0. The van der Waals surface area contributed by atoms with Crippen LogP contribution in [0, 0.1) is 0 Å². The Kier molecular flexibility index (Phi) is 3.20. The van der Waals surface area contributed by atoms with Gasteiger partial charge in [-0.2, -0.15) is 0 Å². The minimum Gasteiger partial charge on any atom is -0.299 e. The van der Waals surface area contributed by atoms with Crippen LogP contribution in [0.1, 0.15) is 16.1 Å². The van der Waals surface area contributed by atoms with Gasteiger partial charge in [0.25, 0.3) is 11.7 Å². The summed E-state index contributed by atoms with van der Waals surface area (Å²) in [6.45, 7) is 0.112. The van der Waals surface area contributed by atoms with Crippen molar-refractivity contribution in [3.8, 4) is 0 Å². The Balaban J connectivity index is 2.01. The summed E-state index contributed by atoms with van der Waals surface area (Å²) in [5.74, 6) is -1.09. The van der Waals surface area contributed by atoms with E-state index in [0.717, 1.165) is 0 Å². The van der Waals surface area contributed by atoms with Gasteiger partial charge in [0.2, 0.25) is 0 Å². The second kappa shape index (κ2) is 4.89. The van der Waals surface area contributed by atoms with Crippen molar-refractivity contribution < 1.29 is 9.59 Å². The molecular weight excluding hydrogens is 299 g/mol. The van der Waals surface area contributed by atoms with Gasteiger partial charge in [0.15, 0.2) is 0 Å². The summed E-state index contributed by atoms with van der Waals surface area (Å²) in [6.07, 6.45) is 0. The Labute approximate surface area is 124 Å². The lowest BCUT2D eigenvalue weighted by molar-refractivity contribution is -0.114. The molecule has 4 nitrogen and oxygen atoms in total. The third-order valence-electron chi connectivity index (χ3n) is 3.07. The highest BCUT2D eigenvalue weighted by Gasteiger charge is 2.35. The molecule has 1 aromatic heterocycles. The highest BCUT2D eigenvalue weighted by atomic mass is 35.5. The van der Waals surface area contributed by atoms with Crippen LogP contribution in [-0.4, -0.2) is 16.7 Å². The van der Waals surface area contributed by atoms with Gasteiger partial charge in [0.1, 0.15) is 5.15 Å². The SMILES string of the molecule is O=C1C(=O)N(Cc2nc(Cl)ccc2Cl)c2ccccc21. The van der Waals surface area contributed by atoms with E-state index in [-0.39, 0.29) is 11.7 Å². The summed E-state index contributed by atoms with van der Waals surface area (Å²) >= 11 is 11.9. The van der Waals surface area contributed by atoms with Crippen LogP contribution in [0.4, 0.5) is 5.69 Å². The summed E-state index contributed by atoms with van der Waals surface area (Å²) < 4.78 is 0. The molecule has 0 unspecified atom stereocenters. The zero-order valence-corrected chi connectivity index (χ0v) is 11.6. The number of halogens is 2. The van der Waals surface area contributed by atoms with Crippen LogP contribution >= 0.6 is 23.2 Å². The summed E-state index contributed by atoms with van der Waals surface area (Å²) in [5, 5.41) is 0.690. The van der Waals surface area contributed by atoms with Gasteiger partial charge in [-0.1, -0.05) is 35.3 Å². The molecule has 1 aromatic carbocycles. The number of hydrogen-bond donors (Lipinski definition) is 0. The summed E-state index contributed by atoms with van der Waals surface area (Å²) in [5.41, 5.74) is 1.42. The quantitative estimate of drug-likeness (QED) is 0.633. The van der Waals surface area contributed by atoms with E-state index in [1.807, 2.05) is 0 Å². The maximum atomic E-state index is 12.0. The van der Waals surface area contributed by atoms with Crippen molar-refractivity contribution in [3.05, 3.63) is 57.8 Å². The minimum absolute atomic E-state index is 0.112. The molecule has 0 saturated heterocycles. The van der Waals surface area contributed by atoms with Crippen molar-refractivity contribution >= 4 is 40.6 Å². The van der Waals surface area contributed by atoms with E-state index in [2.05, 4.69) is 4.98 Å². The molecule has 0 saturated carbocycles. The number of ketones is 1. The average molecular weight is 307 g/mol. The molecule has 0 fully saturated rings. The normalized spacial score (nSPS) is 13.8. The molecule has 1 amide bonds. The van der Waals surface area contributed by atoms with Crippen molar-refractivity contribution in [1.29, 1.82) is 0 Å². The van der Waals surface area contributed by atoms with Gasteiger partial charge in [-0.15, -0.1) is 0 Å². The van der Waals surface area contributed by atoms with E-state index in [4.69, 9.17) is 23.2 Å². The van der Waals surface area contributed by atoms with Crippen LogP contribution in [0.2, 0.25) is 10.2 Å². The standard InChI is InChI=1S/C14H8Cl2N2O2/c15-9-5-6-12(16)17-10(9)7-18-11-4-2-1-3-8(11)13(19)14(18)20/h1-6H,7H2. The van der Waals surface area contributed by atoms with Gasteiger partial charge in [-0.3, -0.25) is 14.5 Å². The van der Waals surface area contributed by atoms with Crippen LogP contribution < -0.4 is 4.90 Å². The van der Waals surface area contributed by atoms with E-state index < -0.39 is 11.7 Å². The van der Waals surface area contributed by atoms with Gasteiger partial charge in [0, 0.05) is 0 Å². The smallest absolute Gasteiger partial charge is 0.299 e. The molecule has 2 aromatic rings. The molecule has 0 aliphatic carbocycles. The molecule has 3 rings (SSSR count). The first-order valence-corrected chi connectivity index (χ1v) is 6.59. The monoisotopic (exact) mass is 306 g/mol. The number of amides is 1. The minimum atomic E-state index is -0.580. The third kappa shape index (κ3) is 2.07. The molecule has 20 heavy (non-hydrogen) atoms. The number of hydrogen-bond acceptors (Lipinski definition) is 3. The first kappa shape index (κ1) is 13.1. The molecule has 0 atom stereocenters. The van der Waals surface area contributed by atoms with Crippen LogP contribution in [-0.2, 0) is 11.3 Å². The van der Waals surface area contributed by atoms with E-state index in [1.54, 1.807) is 36.4 Å². The number of carbonyl (C=O) groups excluding carboxylic acids is 2. The number of anilines is 1. The van der Waals surface area contributed by atoms with Crippen LogP contribution in [0.3, 0.4) is 0 Å². The number of carbonyl (C=O) groups is 2. The van der Waals surface area contributed by atoms with Gasteiger partial charge < -0.3 is 0 Å². The Morgan fingerprint density at radius 1 is 1.05 bits per heavy atom. The molecule has 0 N–H and O–H groups in total. The van der Waals surface area contributed by atoms with Gasteiger partial charge in [-0.25, -0.2) is 4.98 Å². The van der Waals surface area contributed by atoms with Crippen molar-refractivity contribution in [3.63, 3.8) is 0 Å². The molecule has 100 valence electrons. The molecule has 1 aliphatic heterocycles. The Morgan fingerprint density at radius 3 is 2.60 bits per heavy atom. The molecule has 0 bridgehead atoms. The fourth-order valence-electron chi connectivity index (χ4n) is 2.12. The fraction of sp³-hybridized carbons (Fsp3) is 0.0714. The first-order valence-electron chi connectivity index (χ1n) is 5.84.